The van der Waals surface area contributed by atoms with Crippen LogP contribution in [0.2, 0.25) is 5.02 Å². The van der Waals surface area contributed by atoms with E-state index >= 15 is 0 Å². The van der Waals surface area contributed by atoms with Crippen LogP contribution < -0.4 is 10.7 Å². The van der Waals surface area contributed by atoms with Gasteiger partial charge in [0.25, 0.3) is 0 Å². The van der Waals surface area contributed by atoms with Crippen molar-refractivity contribution in [3.05, 3.63) is 39.1 Å². The third-order valence-corrected chi connectivity index (χ3v) is 17.2. The monoisotopic (exact) mass is 1170 g/mol. The number of oxime groups is 1. The van der Waals surface area contributed by atoms with E-state index in [0.717, 1.165) is 12.8 Å². The Bertz CT molecular complexity index is 2560. The molecule has 3 saturated heterocycles. The highest BCUT2D eigenvalue weighted by Gasteiger charge is 2.54. The van der Waals surface area contributed by atoms with Crippen LogP contribution in [-0.4, -0.2) is 190 Å². The molecule has 1 aromatic heterocycles. The van der Waals surface area contributed by atoms with E-state index in [1.54, 1.807) is 65.2 Å². The smallest absolute Gasteiger partial charge is 0.341 e. The lowest BCUT2D eigenvalue weighted by molar-refractivity contribution is -0.318. The van der Waals surface area contributed by atoms with Crippen molar-refractivity contribution in [3.63, 3.8) is 0 Å². The van der Waals surface area contributed by atoms with E-state index in [1.165, 1.54) is 20.2 Å². The predicted octanol–water partition coefficient (Wildman–Crippen LogP) is 6.07. The number of aromatic nitrogens is 1. The molecule has 0 amide bonds. The maximum Gasteiger partial charge on any atom is 0.341 e. The van der Waals surface area contributed by atoms with Crippen molar-refractivity contribution < 1.29 is 82.6 Å². The average Bonchev–Trinajstić information content (AvgIpc) is 4.42. The summed E-state index contributed by atoms with van der Waals surface area (Å²) in [4.78, 5) is 60.8. The third-order valence-electron chi connectivity index (χ3n) is 16.8. The molecule has 4 aliphatic rings. The number of halogens is 1. The first-order valence-electron chi connectivity index (χ1n) is 28.7. The topological polar surface area (TPSA) is 285 Å². The Morgan fingerprint density at radius 3 is 2.25 bits per heavy atom. The number of methoxy groups -OCH3 is 1. The summed E-state index contributed by atoms with van der Waals surface area (Å²) in [6, 6.07) is 2.93. The first kappa shape index (κ1) is 66.1. The number of fused-ring (bicyclic) bond motifs is 1. The van der Waals surface area contributed by atoms with Gasteiger partial charge in [-0.15, -0.1) is 0 Å². The molecule has 6 rings (SSSR count). The number of aliphatic hydroxyl groups excluding tert-OH is 2. The zero-order chi connectivity index (χ0) is 60.1. The molecule has 1 aliphatic carbocycles. The maximum absolute atomic E-state index is 14.7. The Kier molecular flexibility index (Phi) is 22.7. The fraction of sp³-hybridized carbons (Fsp3) is 0.776. The fourth-order valence-electron chi connectivity index (χ4n) is 12.0. The second kappa shape index (κ2) is 27.8. The number of carbonyl (C=O) groups excluding carboxylic acids is 2. The highest BCUT2D eigenvalue weighted by molar-refractivity contribution is 6.34. The minimum Gasteiger partial charge on any atom is -0.477 e. The van der Waals surface area contributed by atoms with Gasteiger partial charge in [0.1, 0.15) is 35.6 Å². The number of aromatic carboxylic acids is 1. The van der Waals surface area contributed by atoms with E-state index in [1.807, 2.05) is 39.8 Å². The molecule has 4 heterocycles. The van der Waals surface area contributed by atoms with Gasteiger partial charge in [-0.05, 0) is 106 Å². The maximum atomic E-state index is 14.7. The number of carbonyl (C=O) groups is 3. The molecule has 3 aliphatic heterocycles. The summed E-state index contributed by atoms with van der Waals surface area (Å²) in [7, 11) is 5.18. The van der Waals surface area contributed by atoms with Gasteiger partial charge < -0.3 is 83.0 Å². The number of carboxylic acids is 1. The summed E-state index contributed by atoms with van der Waals surface area (Å²) in [6.45, 7) is 19.5. The van der Waals surface area contributed by atoms with Gasteiger partial charge in [0.15, 0.2) is 18.7 Å². The number of cyclic esters (lactones) is 1. The first-order chi connectivity index (χ1) is 38.0. The standard InChI is InChI=1S/C58H91ClN4O18/c1-15-21-75-61-46-30(3)27-56(9,71)51(81-55-48(66)42(62(12)13)24-31(4)76-55)33(6)49(34(7)54(70)78-43(16-2)58(11,72)50(67)32(46)5)80-45-28-57(10,73-14)52(35(8)77-45)79-44(64)19-22-74-23-20-60-40-25-37-41(26-39(40)59)63(36-17-18-36)29-38(47(37)65)53(68)69/h25-26,29-36,42-43,45,48-52,55,60,66-67,71-72H,15-24,27-28H2,1-14H3,(H,68,69)/b61-46+/t30-,31-,32+,33+,34-,35+,42+,43-,45+,48-,49?,50+,51-,52+,55+,56-,57-,58-/m1/s1. The van der Waals surface area contributed by atoms with E-state index in [2.05, 4.69) is 10.5 Å². The summed E-state index contributed by atoms with van der Waals surface area (Å²) >= 11 is 6.62. The molecule has 81 heavy (non-hydrogen) atoms. The number of likely N-dealkylation sites (N-methyl/N-ethyl adjacent to an activating group) is 1. The molecule has 1 saturated carbocycles. The summed E-state index contributed by atoms with van der Waals surface area (Å²) in [5, 5.41) is 66.8. The van der Waals surface area contributed by atoms with E-state index < -0.39 is 119 Å². The highest BCUT2D eigenvalue weighted by Crippen LogP contribution is 2.43. The minimum atomic E-state index is -1.99. The van der Waals surface area contributed by atoms with Crippen LogP contribution in [0.4, 0.5) is 5.69 Å². The van der Waals surface area contributed by atoms with E-state index in [0.29, 0.717) is 34.8 Å². The Morgan fingerprint density at radius 1 is 0.938 bits per heavy atom. The van der Waals surface area contributed by atoms with Crippen molar-refractivity contribution in [1.82, 2.24) is 9.47 Å². The second-order valence-corrected chi connectivity index (χ2v) is 24.2. The lowest BCUT2D eigenvalue weighted by Gasteiger charge is -2.49. The number of ether oxygens (including phenoxy) is 8. The van der Waals surface area contributed by atoms with Crippen molar-refractivity contribution in [2.75, 3.05) is 52.9 Å². The lowest BCUT2D eigenvalue weighted by Crippen LogP contribution is -2.61. The minimum absolute atomic E-state index is 0.0122. The Labute approximate surface area is 481 Å². The summed E-state index contributed by atoms with van der Waals surface area (Å²) < 4.78 is 52.4. The van der Waals surface area contributed by atoms with Crippen molar-refractivity contribution in [2.45, 2.75) is 218 Å². The van der Waals surface area contributed by atoms with Crippen LogP contribution in [0.3, 0.4) is 0 Å². The van der Waals surface area contributed by atoms with Crippen molar-refractivity contribution in [3.8, 4) is 0 Å². The van der Waals surface area contributed by atoms with Crippen molar-refractivity contribution in [2.24, 2.45) is 28.8 Å². The molecule has 458 valence electrons. The van der Waals surface area contributed by atoms with Crippen LogP contribution >= 0.6 is 11.6 Å². The highest BCUT2D eigenvalue weighted by atomic mass is 35.5. The van der Waals surface area contributed by atoms with Crippen molar-refractivity contribution >= 4 is 51.8 Å². The number of aliphatic hydroxyl groups is 4. The first-order valence-corrected chi connectivity index (χ1v) is 29.1. The van der Waals surface area contributed by atoms with Gasteiger partial charge in [0.05, 0.1) is 83.6 Å². The molecule has 1 aromatic carbocycles. The van der Waals surface area contributed by atoms with E-state index in [-0.39, 0.29) is 81.2 Å². The SMILES string of the molecule is CCCO/N=C1\[C@H](C)C[C@@](C)(O)[C@H](O[C@@H]2O[C@H](C)C[C@H](N(C)C)[C@H]2O)[C@@H](C)C(O[C@H]2C[C@@](C)(OC)[C@@H](OC(=O)CCOCCNc3cc4c(=O)c(C(=O)O)cn(C5CC5)c4cc3Cl)[C@H](C)O2)[C@@H](C)C(=O)O[C@H](CC)[C@@](C)(O)[C@@H](O)[C@H]1C. The van der Waals surface area contributed by atoms with Gasteiger partial charge >= 0.3 is 17.9 Å². The molecule has 6 N–H and O–H groups in total. The molecule has 23 heteroatoms. The number of hydrogen-bond donors (Lipinski definition) is 6. The van der Waals surface area contributed by atoms with E-state index in [4.69, 9.17) is 54.3 Å². The van der Waals surface area contributed by atoms with Gasteiger partial charge in [-0.2, -0.15) is 0 Å². The summed E-state index contributed by atoms with van der Waals surface area (Å²) in [5.74, 6) is -6.20. The normalized spacial score (nSPS) is 37.0. The zero-order valence-electron chi connectivity index (χ0n) is 49.7. The molecular formula is C58H91ClN4O18. The van der Waals surface area contributed by atoms with Gasteiger partial charge in [0.2, 0.25) is 5.43 Å². The molecule has 22 nitrogen and oxygen atoms in total. The van der Waals surface area contributed by atoms with Crippen molar-refractivity contribution in [1.29, 1.82) is 0 Å². The van der Waals surface area contributed by atoms with Crippen LogP contribution in [0.5, 0.6) is 0 Å². The third kappa shape index (κ3) is 15.5. The number of hydrogen-bond acceptors (Lipinski definition) is 20. The number of anilines is 1. The Balaban J connectivity index is 1.20. The molecule has 0 spiro atoms. The number of nitrogens with one attached hydrogen (secondary N) is 1. The largest absolute Gasteiger partial charge is 0.477 e. The van der Waals surface area contributed by atoms with Gasteiger partial charge in [-0.1, -0.05) is 51.4 Å². The van der Waals surface area contributed by atoms with Crippen LogP contribution in [-0.2, 0) is 52.3 Å². The fourth-order valence-corrected chi connectivity index (χ4v) is 12.3. The molecule has 0 radical (unpaired) electrons. The van der Waals surface area contributed by atoms with Gasteiger partial charge in [-0.3, -0.25) is 14.4 Å². The molecule has 2 aromatic rings. The lowest BCUT2D eigenvalue weighted by atomic mass is 9.73. The van der Waals surface area contributed by atoms with Crippen LogP contribution in [0.1, 0.15) is 144 Å². The second-order valence-electron chi connectivity index (χ2n) is 23.8. The molecular weight excluding hydrogens is 1080 g/mol. The zero-order valence-corrected chi connectivity index (χ0v) is 50.5. The number of rotatable bonds is 20. The number of benzene rings is 1. The summed E-state index contributed by atoms with van der Waals surface area (Å²) in [6.07, 6.45) is -6.59. The average molecular weight is 1170 g/mol. The predicted molar refractivity (Wildman–Crippen MR) is 301 cm³/mol. The van der Waals surface area contributed by atoms with Crippen LogP contribution in [0.25, 0.3) is 10.9 Å². The Morgan fingerprint density at radius 2 is 1.63 bits per heavy atom. The van der Waals surface area contributed by atoms with E-state index in [9.17, 15) is 44.7 Å². The van der Waals surface area contributed by atoms with Crippen LogP contribution in [0.15, 0.2) is 28.3 Å². The summed E-state index contributed by atoms with van der Waals surface area (Å²) in [5.41, 5.74) is -4.61. The molecule has 1 unspecified atom stereocenters. The van der Waals surface area contributed by atoms with Gasteiger partial charge in [0, 0.05) is 61.5 Å². The Hall–Kier alpha value is -4.04. The quantitative estimate of drug-likeness (QED) is 0.0498. The number of pyridine rings is 1. The van der Waals surface area contributed by atoms with Crippen LogP contribution in [0, 0.1) is 23.7 Å². The number of carboxylic acid groups (broad SMARTS) is 1. The number of nitrogens with zero attached hydrogens (tertiary/aromatic N) is 3. The molecule has 0 bridgehead atoms. The molecule has 18 atom stereocenters. The van der Waals surface area contributed by atoms with Gasteiger partial charge in [-0.25, -0.2) is 4.79 Å². The number of esters is 2. The molecule has 4 fully saturated rings.